The number of unbranched alkanes of at least 4 members (excludes halogenated alkanes) is 12. The number of aromatic hydroxyl groups is 1. The Morgan fingerprint density at radius 2 is 1.33 bits per heavy atom. The van der Waals surface area contributed by atoms with E-state index in [0.29, 0.717) is 30.1 Å². The molecule has 0 aliphatic heterocycles. The summed E-state index contributed by atoms with van der Waals surface area (Å²) in [4.78, 5) is 0.768. The molecule has 0 saturated heterocycles. The van der Waals surface area contributed by atoms with Gasteiger partial charge in [-0.15, -0.1) is 0 Å². The molecule has 0 spiro atoms. The standard InChI is InChI=1S/C31H47NO3S/c1-2-3-4-5-6-7-8-9-10-11-12-13-14-15-16-17-24-32-26-27-25-29(20-23-31(27)33)35-28-18-21-30(36-34)22-19-28/h9-10,18-23,25,32-34H,2-8,11-17,24,26H2,1H3/b10-9-. The minimum Gasteiger partial charge on any atom is -0.508 e. The van der Waals surface area contributed by atoms with Gasteiger partial charge >= 0.3 is 0 Å². The molecule has 2 rings (SSSR count). The molecule has 3 N–H and O–H groups in total. The molecule has 0 unspecified atom stereocenters. The van der Waals surface area contributed by atoms with Crippen LogP contribution in [0.1, 0.15) is 102 Å². The van der Waals surface area contributed by atoms with Gasteiger partial charge in [0.25, 0.3) is 0 Å². The quantitative estimate of drug-likeness (QED) is 0.0880. The van der Waals surface area contributed by atoms with E-state index in [4.69, 9.17) is 9.29 Å². The maximum absolute atomic E-state index is 10.2. The first-order valence-electron chi connectivity index (χ1n) is 14.0. The van der Waals surface area contributed by atoms with Gasteiger partial charge in [0, 0.05) is 29.0 Å². The molecule has 0 fully saturated rings. The van der Waals surface area contributed by atoms with Gasteiger partial charge in [0.15, 0.2) is 0 Å². The van der Waals surface area contributed by atoms with Gasteiger partial charge in [-0.3, -0.25) is 0 Å². The van der Waals surface area contributed by atoms with E-state index in [1.54, 1.807) is 24.3 Å². The monoisotopic (exact) mass is 513 g/mol. The summed E-state index contributed by atoms with van der Waals surface area (Å²) in [6.45, 7) is 3.84. The van der Waals surface area contributed by atoms with Crippen LogP contribution in [0.15, 0.2) is 59.5 Å². The summed E-state index contributed by atoms with van der Waals surface area (Å²) in [7, 11) is 0. The molecule has 2 aromatic rings. The molecule has 0 saturated carbocycles. The van der Waals surface area contributed by atoms with Crippen molar-refractivity contribution >= 4 is 12.0 Å². The first-order chi connectivity index (χ1) is 17.7. The predicted molar refractivity (Wildman–Crippen MR) is 154 cm³/mol. The van der Waals surface area contributed by atoms with Crippen LogP contribution < -0.4 is 10.1 Å². The molecule has 5 heteroatoms. The van der Waals surface area contributed by atoms with Crippen LogP contribution in [0.2, 0.25) is 0 Å². The Hall–Kier alpha value is -1.95. The second-order valence-corrected chi connectivity index (χ2v) is 10.2. The number of benzene rings is 2. The highest BCUT2D eigenvalue weighted by molar-refractivity contribution is 7.93. The third-order valence-electron chi connectivity index (χ3n) is 6.40. The SMILES string of the molecule is CCCCCCCC/C=C\CCCCCCCCNCc1cc(Oc2ccc(SO)cc2)ccc1O. The molecule has 0 bridgehead atoms. The fraction of sp³-hybridized carbons (Fsp3) is 0.548. The zero-order valence-electron chi connectivity index (χ0n) is 22.2. The van der Waals surface area contributed by atoms with Crippen LogP contribution in [0.5, 0.6) is 17.2 Å². The maximum Gasteiger partial charge on any atom is 0.128 e. The number of nitrogens with one attached hydrogen (secondary N) is 1. The summed E-state index contributed by atoms with van der Waals surface area (Å²) in [5, 5.41) is 13.6. The van der Waals surface area contributed by atoms with Gasteiger partial charge < -0.3 is 19.7 Å². The molecule has 2 aromatic carbocycles. The Morgan fingerprint density at radius 1 is 0.750 bits per heavy atom. The Bertz CT molecular complexity index is 838. The molecular weight excluding hydrogens is 466 g/mol. The highest BCUT2D eigenvalue weighted by Gasteiger charge is 2.05. The number of hydrogen-bond donors (Lipinski definition) is 3. The third-order valence-corrected chi connectivity index (χ3v) is 6.88. The molecule has 0 aliphatic rings. The average molecular weight is 514 g/mol. The van der Waals surface area contributed by atoms with Crippen molar-refractivity contribution in [3.63, 3.8) is 0 Å². The van der Waals surface area contributed by atoms with Crippen LogP contribution >= 0.6 is 12.0 Å². The largest absolute Gasteiger partial charge is 0.508 e. The fourth-order valence-electron chi connectivity index (χ4n) is 4.19. The molecule has 0 aromatic heterocycles. The van der Waals surface area contributed by atoms with Gasteiger partial charge in [-0.05, 0) is 81.1 Å². The third kappa shape index (κ3) is 14.0. The Labute approximate surface area is 223 Å². The van der Waals surface area contributed by atoms with Crippen LogP contribution in [0, 0.1) is 0 Å². The maximum atomic E-state index is 10.2. The number of phenolic OH excluding ortho intramolecular Hbond substituents is 1. The van der Waals surface area contributed by atoms with Crippen LogP contribution in [-0.4, -0.2) is 16.2 Å². The van der Waals surface area contributed by atoms with Crippen LogP contribution in [0.25, 0.3) is 0 Å². The molecule has 200 valence electrons. The van der Waals surface area contributed by atoms with Crippen molar-refractivity contribution in [1.29, 1.82) is 0 Å². The van der Waals surface area contributed by atoms with Crippen LogP contribution in [0.3, 0.4) is 0 Å². The van der Waals surface area contributed by atoms with E-state index < -0.39 is 0 Å². The van der Waals surface area contributed by atoms with Gasteiger partial charge in [-0.25, -0.2) is 0 Å². The highest BCUT2D eigenvalue weighted by Crippen LogP contribution is 2.28. The lowest BCUT2D eigenvalue weighted by molar-refractivity contribution is 0.453. The Balaban J connectivity index is 1.47. The minimum absolute atomic E-state index is 0.280. The lowest BCUT2D eigenvalue weighted by Crippen LogP contribution is -2.14. The highest BCUT2D eigenvalue weighted by atomic mass is 32.2. The van der Waals surface area contributed by atoms with Crippen molar-refractivity contribution in [3.05, 3.63) is 60.2 Å². The molecule has 0 aliphatic carbocycles. The van der Waals surface area contributed by atoms with Gasteiger partial charge in [0.05, 0.1) is 0 Å². The van der Waals surface area contributed by atoms with Gasteiger partial charge in [-0.2, -0.15) is 0 Å². The average Bonchev–Trinajstić information content (AvgIpc) is 2.90. The van der Waals surface area contributed by atoms with E-state index in [9.17, 15) is 5.11 Å². The number of rotatable bonds is 21. The number of phenols is 1. The van der Waals surface area contributed by atoms with Crippen LogP contribution in [-0.2, 0) is 6.54 Å². The topological polar surface area (TPSA) is 61.7 Å². The van der Waals surface area contributed by atoms with E-state index in [2.05, 4.69) is 24.4 Å². The second-order valence-electron chi connectivity index (χ2n) is 9.57. The zero-order chi connectivity index (χ0) is 25.7. The van der Waals surface area contributed by atoms with Crippen molar-refractivity contribution in [3.8, 4) is 17.2 Å². The molecular formula is C31H47NO3S. The molecule has 0 atom stereocenters. The van der Waals surface area contributed by atoms with Crippen molar-refractivity contribution < 1.29 is 14.4 Å². The first-order valence-corrected chi connectivity index (χ1v) is 14.8. The van der Waals surface area contributed by atoms with Crippen molar-refractivity contribution in [2.45, 2.75) is 108 Å². The molecule has 0 heterocycles. The van der Waals surface area contributed by atoms with Gasteiger partial charge in [0.1, 0.15) is 17.2 Å². The summed E-state index contributed by atoms with van der Waals surface area (Å²) < 4.78 is 15.0. The van der Waals surface area contributed by atoms with Crippen LogP contribution in [0.4, 0.5) is 0 Å². The summed E-state index contributed by atoms with van der Waals surface area (Å²) in [5.41, 5.74) is 0.833. The zero-order valence-corrected chi connectivity index (χ0v) is 23.0. The number of ether oxygens (including phenoxy) is 1. The fourth-order valence-corrected chi connectivity index (χ4v) is 4.45. The minimum atomic E-state index is 0.280. The lowest BCUT2D eigenvalue weighted by atomic mass is 10.1. The van der Waals surface area contributed by atoms with Crippen molar-refractivity contribution in [2.24, 2.45) is 0 Å². The van der Waals surface area contributed by atoms with Crippen molar-refractivity contribution in [2.75, 3.05) is 6.54 Å². The Kier molecular flexibility index (Phi) is 16.9. The van der Waals surface area contributed by atoms with E-state index in [1.807, 2.05) is 18.2 Å². The second kappa shape index (κ2) is 20.1. The van der Waals surface area contributed by atoms with Crippen molar-refractivity contribution in [1.82, 2.24) is 5.32 Å². The van der Waals surface area contributed by atoms with Gasteiger partial charge in [-0.1, -0.05) is 76.9 Å². The lowest BCUT2D eigenvalue weighted by Gasteiger charge is -2.11. The molecule has 4 nitrogen and oxygen atoms in total. The number of allylic oxidation sites excluding steroid dienone is 2. The van der Waals surface area contributed by atoms with E-state index in [1.165, 1.54) is 83.5 Å². The normalized spacial score (nSPS) is 11.4. The van der Waals surface area contributed by atoms with E-state index >= 15 is 0 Å². The summed E-state index contributed by atoms with van der Waals surface area (Å²) >= 11 is 0.714. The Morgan fingerprint density at radius 3 is 1.97 bits per heavy atom. The van der Waals surface area contributed by atoms with Gasteiger partial charge in [0.2, 0.25) is 0 Å². The molecule has 0 amide bonds. The predicted octanol–water partition coefficient (Wildman–Crippen LogP) is 9.88. The van der Waals surface area contributed by atoms with E-state index in [0.717, 1.165) is 23.4 Å². The van der Waals surface area contributed by atoms with E-state index in [-0.39, 0.29) is 5.75 Å². The molecule has 36 heavy (non-hydrogen) atoms. The first kappa shape index (κ1) is 30.3. The summed E-state index contributed by atoms with van der Waals surface area (Å²) in [6.07, 6.45) is 23.2. The number of hydrogen-bond acceptors (Lipinski definition) is 5. The summed E-state index contributed by atoms with van der Waals surface area (Å²) in [6, 6.07) is 12.6. The molecule has 0 radical (unpaired) electrons. The smallest absolute Gasteiger partial charge is 0.128 e. The summed E-state index contributed by atoms with van der Waals surface area (Å²) in [5.74, 6) is 1.66.